The van der Waals surface area contributed by atoms with E-state index in [1.807, 2.05) is 0 Å². The van der Waals surface area contributed by atoms with Crippen LogP contribution in [0, 0.1) is 0 Å². The topological polar surface area (TPSA) is 256 Å². The second-order valence-corrected chi connectivity index (χ2v) is 9.20. The summed E-state index contributed by atoms with van der Waals surface area (Å²) >= 11 is 0. The van der Waals surface area contributed by atoms with E-state index in [1.54, 1.807) is 4.90 Å². The maximum atomic E-state index is 11.9. The third kappa shape index (κ3) is 16.9. The fourth-order valence-corrected chi connectivity index (χ4v) is 3.62. The van der Waals surface area contributed by atoms with Crippen LogP contribution in [0.25, 0.3) is 0 Å². The molecule has 2 unspecified atom stereocenters. The van der Waals surface area contributed by atoms with Gasteiger partial charge in [0, 0.05) is 32.3 Å². The zero-order valence-corrected chi connectivity index (χ0v) is 23.0. The van der Waals surface area contributed by atoms with Crippen molar-refractivity contribution in [3.63, 3.8) is 0 Å². The van der Waals surface area contributed by atoms with E-state index in [-0.39, 0.29) is 51.8 Å². The monoisotopic (exact) mass is 586 g/mol. The Hall–Kier alpha value is -3.64. The first-order valence-corrected chi connectivity index (χ1v) is 13.3. The summed E-state index contributed by atoms with van der Waals surface area (Å²) in [6, 6.07) is 0. The number of hydrogen-bond acceptors (Lipinski definition) is 11. The van der Waals surface area contributed by atoms with Crippen LogP contribution >= 0.6 is 0 Å². The van der Waals surface area contributed by atoms with Crippen molar-refractivity contribution < 1.29 is 44.1 Å². The molecule has 0 aromatic rings. The molecule has 10 N–H and O–H groups in total. The van der Waals surface area contributed by atoms with Gasteiger partial charge in [0.05, 0.1) is 39.3 Å². The standard InChI is InChI=1S/C24H42N8O9/c25-17(34)16-31(10-11-33)9-7-26-19(36)12-28-21(38)14-30-22(39)15-29-20(37)13-27-18(35)4-2-1-3-8-32-23(40)5-6-24(32)41/h5-6,18,23,27,33,35,40H,1-4,7-16H2,(H2,25,34)(H,26,36)(H,28,38)(H,29,37)(H,30,39). The maximum absolute atomic E-state index is 11.9. The Kier molecular flexibility index (Phi) is 17.5. The summed E-state index contributed by atoms with van der Waals surface area (Å²) < 4.78 is 0. The number of primary amides is 1. The summed E-state index contributed by atoms with van der Waals surface area (Å²) in [6.07, 6.45) is 3.28. The van der Waals surface area contributed by atoms with E-state index >= 15 is 0 Å². The van der Waals surface area contributed by atoms with Crippen LogP contribution in [0.3, 0.4) is 0 Å². The largest absolute Gasteiger partial charge is 0.395 e. The minimum atomic E-state index is -0.939. The van der Waals surface area contributed by atoms with Crippen LogP contribution in [-0.2, 0) is 28.8 Å². The van der Waals surface area contributed by atoms with Gasteiger partial charge in [-0.15, -0.1) is 0 Å². The van der Waals surface area contributed by atoms with Crippen molar-refractivity contribution in [1.29, 1.82) is 0 Å². The Morgan fingerprint density at radius 2 is 1.49 bits per heavy atom. The lowest BCUT2D eigenvalue weighted by molar-refractivity contribution is -0.131. The van der Waals surface area contributed by atoms with Crippen molar-refractivity contribution in [2.24, 2.45) is 5.73 Å². The highest BCUT2D eigenvalue weighted by Gasteiger charge is 2.22. The first-order chi connectivity index (χ1) is 19.5. The molecular weight excluding hydrogens is 544 g/mol. The van der Waals surface area contributed by atoms with Gasteiger partial charge in [-0.05, 0) is 25.3 Å². The van der Waals surface area contributed by atoms with Crippen molar-refractivity contribution in [3.05, 3.63) is 12.2 Å². The van der Waals surface area contributed by atoms with Gasteiger partial charge in [-0.1, -0.05) is 6.42 Å². The van der Waals surface area contributed by atoms with Crippen LogP contribution in [0.4, 0.5) is 0 Å². The molecule has 0 aromatic heterocycles. The Bertz CT molecular complexity index is 918. The predicted molar refractivity (Wildman–Crippen MR) is 144 cm³/mol. The second kappa shape index (κ2) is 20.3. The Balaban J connectivity index is 2.06. The highest BCUT2D eigenvalue weighted by atomic mass is 16.3. The Morgan fingerprint density at radius 1 is 0.902 bits per heavy atom. The highest BCUT2D eigenvalue weighted by Crippen LogP contribution is 2.11. The molecule has 0 saturated carbocycles. The normalized spacial score (nSPS) is 15.1. The van der Waals surface area contributed by atoms with Crippen LogP contribution in [0.15, 0.2) is 12.2 Å². The van der Waals surface area contributed by atoms with Crippen molar-refractivity contribution in [3.8, 4) is 0 Å². The molecular formula is C24H42N8O9. The van der Waals surface area contributed by atoms with Crippen LogP contribution in [-0.4, -0.2) is 139 Å². The number of nitrogens with two attached hydrogens (primary N) is 1. The molecule has 41 heavy (non-hydrogen) atoms. The van der Waals surface area contributed by atoms with Crippen LogP contribution in [0.2, 0.25) is 0 Å². The average molecular weight is 587 g/mol. The van der Waals surface area contributed by atoms with Gasteiger partial charge in [0.25, 0.3) is 0 Å². The molecule has 1 aliphatic rings. The Morgan fingerprint density at radius 3 is 2.02 bits per heavy atom. The molecule has 1 heterocycles. The molecule has 17 heteroatoms. The van der Waals surface area contributed by atoms with Crippen molar-refractivity contribution in [2.45, 2.75) is 38.1 Å². The van der Waals surface area contributed by atoms with Gasteiger partial charge in [0.2, 0.25) is 35.4 Å². The minimum absolute atomic E-state index is 0.0670. The van der Waals surface area contributed by atoms with E-state index in [2.05, 4.69) is 26.6 Å². The number of carbonyl (C=O) groups is 6. The lowest BCUT2D eigenvalue weighted by Crippen LogP contribution is -2.46. The summed E-state index contributed by atoms with van der Waals surface area (Å²) in [6.45, 7) is -0.566. The molecule has 6 amide bonds. The van der Waals surface area contributed by atoms with Gasteiger partial charge in [-0.25, -0.2) is 0 Å². The third-order valence-corrected chi connectivity index (χ3v) is 5.77. The number of nitrogens with zero attached hydrogens (tertiary/aromatic N) is 2. The zero-order chi connectivity index (χ0) is 30.6. The number of aliphatic hydroxyl groups is 3. The van der Waals surface area contributed by atoms with E-state index in [0.717, 1.165) is 0 Å². The molecule has 0 spiro atoms. The molecule has 232 valence electrons. The van der Waals surface area contributed by atoms with E-state index in [1.165, 1.54) is 17.1 Å². The number of hydrogen-bond donors (Lipinski definition) is 9. The summed E-state index contributed by atoms with van der Waals surface area (Å²) in [7, 11) is 0. The first kappa shape index (κ1) is 35.4. The van der Waals surface area contributed by atoms with E-state index in [0.29, 0.717) is 32.2 Å². The average Bonchev–Trinajstić information content (AvgIpc) is 3.24. The quantitative estimate of drug-likeness (QED) is 0.0427. The number of aliphatic hydroxyl groups excluding tert-OH is 3. The third-order valence-electron chi connectivity index (χ3n) is 5.77. The van der Waals surface area contributed by atoms with Crippen LogP contribution < -0.4 is 32.3 Å². The molecule has 0 fully saturated rings. The van der Waals surface area contributed by atoms with Crippen molar-refractivity contribution in [1.82, 2.24) is 36.4 Å². The number of nitrogens with one attached hydrogen (secondary N) is 5. The fraction of sp³-hybridized carbons (Fsp3) is 0.667. The van der Waals surface area contributed by atoms with Gasteiger partial charge < -0.3 is 47.2 Å². The zero-order valence-electron chi connectivity index (χ0n) is 23.0. The SMILES string of the molecule is NC(=O)CN(CCO)CCNC(=O)CNC(=O)CNC(=O)CNC(=O)CNC(O)CCCCCN1C(=O)C=CC1O. The van der Waals surface area contributed by atoms with Crippen LogP contribution in [0.1, 0.15) is 25.7 Å². The number of amides is 6. The summed E-state index contributed by atoms with van der Waals surface area (Å²) in [5, 5.41) is 40.7. The molecule has 0 aliphatic carbocycles. The van der Waals surface area contributed by atoms with Gasteiger partial charge in [0.1, 0.15) is 12.5 Å². The molecule has 1 rings (SSSR count). The lowest BCUT2D eigenvalue weighted by atomic mass is 10.1. The first-order valence-electron chi connectivity index (χ1n) is 13.3. The predicted octanol–water partition coefficient (Wildman–Crippen LogP) is -5.58. The lowest BCUT2D eigenvalue weighted by Gasteiger charge is -2.20. The Labute approximate surface area is 237 Å². The molecule has 0 bridgehead atoms. The summed E-state index contributed by atoms with van der Waals surface area (Å²) in [5.74, 6) is -3.09. The number of unbranched alkanes of at least 4 members (excludes halogenated alkanes) is 2. The van der Waals surface area contributed by atoms with E-state index in [9.17, 15) is 39.0 Å². The number of carbonyl (C=O) groups excluding carboxylic acids is 6. The molecule has 1 aliphatic heterocycles. The molecule has 0 aromatic carbocycles. The van der Waals surface area contributed by atoms with E-state index < -0.39 is 55.1 Å². The molecule has 17 nitrogen and oxygen atoms in total. The van der Waals surface area contributed by atoms with Gasteiger partial charge in [-0.2, -0.15) is 0 Å². The smallest absolute Gasteiger partial charge is 0.248 e. The second-order valence-electron chi connectivity index (χ2n) is 9.20. The molecule has 0 radical (unpaired) electrons. The summed E-state index contributed by atoms with van der Waals surface area (Å²) in [4.78, 5) is 72.8. The van der Waals surface area contributed by atoms with Crippen LogP contribution in [0.5, 0.6) is 0 Å². The molecule has 0 saturated heterocycles. The highest BCUT2D eigenvalue weighted by molar-refractivity contribution is 5.90. The van der Waals surface area contributed by atoms with Gasteiger partial charge >= 0.3 is 0 Å². The van der Waals surface area contributed by atoms with E-state index in [4.69, 9.17) is 10.8 Å². The molecule has 2 atom stereocenters. The number of rotatable bonds is 22. The fourth-order valence-electron chi connectivity index (χ4n) is 3.62. The van der Waals surface area contributed by atoms with Gasteiger partial charge in [0.15, 0.2) is 0 Å². The maximum Gasteiger partial charge on any atom is 0.248 e. The minimum Gasteiger partial charge on any atom is -0.395 e. The van der Waals surface area contributed by atoms with Crippen molar-refractivity contribution >= 4 is 35.4 Å². The van der Waals surface area contributed by atoms with Gasteiger partial charge in [-0.3, -0.25) is 39.0 Å². The van der Waals surface area contributed by atoms with Crippen molar-refractivity contribution in [2.75, 3.05) is 65.5 Å². The summed E-state index contributed by atoms with van der Waals surface area (Å²) in [5.41, 5.74) is 5.11.